The second kappa shape index (κ2) is 7.38. The SMILES string of the molecule is NC[C@@H]1CN(Cc2cccc3c2C(=O)N(C2CCC(=O)NC2=O)C3)CCO1. The number of nitrogens with one attached hydrogen (secondary N) is 1. The normalized spacial score (nSPS) is 26.3. The highest BCUT2D eigenvalue weighted by molar-refractivity contribution is 6.05. The molecule has 8 nitrogen and oxygen atoms in total. The first-order chi connectivity index (χ1) is 13.1. The first-order valence-corrected chi connectivity index (χ1v) is 9.36. The number of hydrogen-bond acceptors (Lipinski definition) is 6. The second-order valence-corrected chi connectivity index (χ2v) is 7.31. The maximum Gasteiger partial charge on any atom is 0.255 e. The van der Waals surface area contributed by atoms with E-state index in [9.17, 15) is 14.4 Å². The van der Waals surface area contributed by atoms with Crippen LogP contribution in [-0.2, 0) is 27.4 Å². The molecule has 0 bridgehead atoms. The summed E-state index contributed by atoms with van der Waals surface area (Å²) in [5.41, 5.74) is 8.31. The second-order valence-electron chi connectivity index (χ2n) is 7.31. The smallest absolute Gasteiger partial charge is 0.255 e. The summed E-state index contributed by atoms with van der Waals surface area (Å²) in [4.78, 5) is 40.5. The predicted octanol–water partition coefficient (Wildman–Crippen LogP) is -0.393. The van der Waals surface area contributed by atoms with Crippen LogP contribution in [0.5, 0.6) is 0 Å². The quantitative estimate of drug-likeness (QED) is 0.698. The van der Waals surface area contributed by atoms with Gasteiger partial charge in [-0.25, -0.2) is 0 Å². The molecule has 2 saturated heterocycles. The highest BCUT2D eigenvalue weighted by Gasteiger charge is 2.40. The molecule has 2 fully saturated rings. The Balaban J connectivity index is 1.53. The molecule has 144 valence electrons. The minimum absolute atomic E-state index is 0.0196. The van der Waals surface area contributed by atoms with E-state index >= 15 is 0 Å². The summed E-state index contributed by atoms with van der Waals surface area (Å²) in [6.45, 7) is 3.70. The van der Waals surface area contributed by atoms with E-state index in [1.54, 1.807) is 4.90 Å². The number of ether oxygens (including phenoxy) is 1. The zero-order valence-corrected chi connectivity index (χ0v) is 15.1. The van der Waals surface area contributed by atoms with Crippen LogP contribution in [-0.4, -0.2) is 65.9 Å². The molecule has 0 aliphatic carbocycles. The maximum absolute atomic E-state index is 13.1. The number of carbonyl (C=O) groups excluding carboxylic acids is 3. The number of morpholine rings is 1. The molecule has 1 unspecified atom stereocenters. The lowest BCUT2D eigenvalue weighted by Gasteiger charge is -2.32. The van der Waals surface area contributed by atoms with Gasteiger partial charge in [0.15, 0.2) is 0 Å². The number of fused-ring (bicyclic) bond motifs is 1. The van der Waals surface area contributed by atoms with E-state index in [-0.39, 0.29) is 30.2 Å². The summed E-state index contributed by atoms with van der Waals surface area (Å²) in [5, 5.41) is 2.34. The van der Waals surface area contributed by atoms with Crippen LogP contribution in [0.4, 0.5) is 0 Å². The van der Waals surface area contributed by atoms with Crippen molar-refractivity contribution in [2.75, 3.05) is 26.2 Å². The van der Waals surface area contributed by atoms with Gasteiger partial charge >= 0.3 is 0 Å². The van der Waals surface area contributed by atoms with Gasteiger partial charge in [0.05, 0.1) is 12.7 Å². The fourth-order valence-corrected chi connectivity index (χ4v) is 4.13. The van der Waals surface area contributed by atoms with Gasteiger partial charge in [-0.15, -0.1) is 0 Å². The van der Waals surface area contributed by atoms with Crippen molar-refractivity contribution in [3.05, 3.63) is 34.9 Å². The van der Waals surface area contributed by atoms with Crippen molar-refractivity contribution < 1.29 is 19.1 Å². The molecule has 2 atom stereocenters. The van der Waals surface area contributed by atoms with Gasteiger partial charge in [-0.3, -0.25) is 24.6 Å². The van der Waals surface area contributed by atoms with Crippen LogP contribution < -0.4 is 11.1 Å². The molecule has 8 heteroatoms. The van der Waals surface area contributed by atoms with Gasteiger partial charge in [-0.1, -0.05) is 18.2 Å². The molecule has 0 spiro atoms. The molecule has 4 rings (SSSR count). The van der Waals surface area contributed by atoms with Gasteiger partial charge in [-0.2, -0.15) is 0 Å². The summed E-state index contributed by atoms with van der Waals surface area (Å²) >= 11 is 0. The van der Waals surface area contributed by atoms with Gasteiger partial charge in [0.2, 0.25) is 11.8 Å². The Hall–Kier alpha value is -2.29. The van der Waals surface area contributed by atoms with Gasteiger partial charge < -0.3 is 15.4 Å². The number of nitrogens with two attached hydrogens (primary N) is 1. The molecule has 3 aliphatic rings. The van der Waals surface area contributed by atoms with Crippen molar-refractivity contribution >= 4 is 17.7 Å². The monoisotopic (exact) mass is 372 g/mol. The Kier molecular flexibility index (Phi) is 4.94. The van der Waals surface area contributed by atoms with Gasteiger partial charge in [0.1, 0.15) is 6.04 Å². The van der Waals surface area contributed by atoms with Crippen molar-refractivity contribution in [1.29, 1.82) is 0 Å². The van der Waals surface area contributed by atoms with Gasteiger partial charge in [0.25, 0.3) is 5.91 Å². The molecular weight excluding hydrogens is 348 g/mol. The molecule has 3 N–H and O–H groups in total. The third-order valence-electron chi connectivity index (χ3n) is 5.52. The molecule has 3 aliphatic heterocycles. The number of piperidine rings is 1. The lowest BCUT2D eigenvalue weighted by Crippen LogP contribution is -2.52. The van der Waals surface area contributed by atoms with E-state index in [1.807, 2.05) is 18.2 Å². The number of nitrogens with zero attached hydrogens (tertiary/aromatic N) is 2. The Bertz CT molecular complexity index is 781. The number of rotatable bonds is 4. The summed E-state index contributed by atoms with van der Waals surface area (Å²) in [6.07, 6.45) is 0.658. The standard InChI is InChI=1S/C19H24N4O4/c20-8-14-11-22(6-7-27-14)9-12-2-1-3-13-10-23(19(26)17(12)13)15-4-5-16(24)21-18(15)25/h1-3,14-15H,4-11,20H2,(H,21,24,25)/t14-,15?/m1/s1. The lowest BCUT2D eigenvalue weighted by atomic mass is 10.0. The zero-order valence-electron chi connectivity index (χ0n) is 15.1. The molecular formula is C19H24N4O4. The topological polar surface area (TPSA) is 105 Å². The minimum Gasteiger partial charge on any atom is -0.374 e. The zero-order chi connectivity index (χ0) is 19.0. The van der Waals surface area contributed by atoms with E-state index in [0.717, 1.165) is 24.2 Å². The highest BCUT2D eigenvalue weighted by Crippen LogP contribution is 2.30. The molecule has 3 amide bonds. The Labute approximate surface area is 157 Å². The van der Waals surface area contributed by atoms with E-state index in [4.69, 9.17) is 10.5 Å². The largest absolute Gasteiger partial charge is 0.374 e. The predicted molar refractivity (Wildman–Crippen MR) is 96.6 cm³/mol. The average molecular weight is 372 g/mol. The van der Waals surface area contributed by atoms with Gasteiger partial charge in [0, 0.05) is 44.7 Å². The van der Waals surface area contributed by atoms with E-state index < -0.39 is 6.04 Å². The van der Waals surface area contributed by atoms with Gasteiger partial charge in [-0.05, 0) is 17.5 Å². The molecule has 0 aromatic heterocycles. The number of carbonyl (C=O) groups is 3. The Morgan fingerprint density at radius 1 is 1.26 bits per heavy atom. The molecule has 0 saturated carbocycles. The van der Waals surface area contributed by atoms with Crippen molar-refractivity contribution in [3.8, 4) is 0 Å². The van der Waals surface area contributed by atoms with Crippen LogP contribution in [0, 0.1) is 0 Å². The third-order valence-corrected chi connectivity index (χ3v) is 5.52. The van der Waals surface area contributed by atoms with Crippen LogP contribution in [0.1, 0.15) is 34.3 Å². The van der Waals surface area contributed by atoms with Crippen molar-refractivity contribution in [2.24, 2.45) is 5.73 Å². The van der Waals surface area contributed by atoms with Crippen molar-refractivity contribution in [3.63, 3.8) is 0 Å². The summed E-state index contributed by atoms with van der Waals surface area (Å²) in [5.74, 6) is -0.783. The van der Waals surface area contributed by atoms with Crippen LogP contribution in [0.3, 0.4) is 0 Å². The molecule has 1 aromatic rings. The lowest BCUT2D eigenvalue weighted by molar-refractivity contribution is -0.136. The Morgan fingerprint density at radius 3 is 2.89 bits per heavy atom. The summed E-state index contributed by atoms with van der Waals surface area (Å²) in [7, 11) is 0. The van der Waals surface area contributed by atoms with Crippen LogP contribution in [0.15, 0.2) is 18.2 Å². The fraction of sp³-hybridized carbons (Fsp3) is 0.526. The number of imide groups is 1. The number of benzene rings is 1. The minimum atomic E-state index is -0.583. The van der Waals surface area contributed by atoms with Crippen LogP contribution in [0.25, 0.3) is 0 Å². The first-order valence-electron chi connectivity index (χ1n) is 9.36. The first kappa shape index (κ1) is 18.1. The van der Waals surface area contributed by atoms with Crippen molar-refractivity contribution in [1.82, 2.24) is 15.1 Å². The average Bonchev–Trinajstić information content (AvgIpc) is 2.99. The van der Waals surface area contributed by atoms with Crippen LogP contribution in [0.2, 0.25) is 0 Å². The van der Waals surface area contributed by atoms with Crippen molar-refractivity contribution in [2.45, 2.75) is 38.1 Å². The Morgan fingerprint density at radius 2 is 2.11 bits per heavy atom. The summed E-state index contributed by atoms with van der Waals surface area (Å²) in [6, 6.07) is 5.28. The van der Waals surface area contributed by atoms with E-state index in [2.05, 4.69) is 10.2 Å². The van der Waals surface area contributed by atoms with Crippen LogP contribution >= 0.6 is 0 Å². The molecule has 3 heterocycles. The third kappa shape index (κ3) is 3.47. The molecule has 1 aromatic carbocycles. The molecule has 0 radical (unpaired) electrons. The molecule has 27 heavy (non-hydrogen) atoms. The fourth-order valence-electron chi connectivity index (χ4n) is 4.13. The number of amides is 3. The van der Waals surface area contributed by atoms with E-state index in [0.29, 0.717) is 38.2 Å². The highest BCUT2D eigenvalue weighted by atomic mass is 16.5. The summed E-state index contributed by atoms with van der Waals surface area (Å²) < 4.78 is 5.61. The van der Waals surface area contributed by atoms with E-state index in [1.165, 1.54) is 0 Å². The maximum atomic E-state index is 13.1. The number of hydrogen-bond donors (Lipinski definition) is 2.